The molecule has 0 saturated carbocycles. The van der Waals surface area contributed by atoms with Crippen molar-refractivity contribution in [2.75, 3.05) is 27.2 Å². The fourth-order valence-electron chi connectivity index (χ4n) is 2.95. The van der Waals surface area contributed by atoms with Crippen LogP contribution < -0.4 is 0 Å². The van der Waals surface area contributed by atoms with Gasteiger partial charge in [0.2, 0.25) is 0 Å². The average molecular weight is 307 g/mol. The van der Waals surface area contributed by atoms with Crippen LogP contribution in [0.3, 0.4) is 0 Å². The van der Waals surface area contributed by atoms with E-state index in [9.17, 15) is 8.42 Å². The van der Waals surface area contributed by atoms with E-state index in [1.165, 1.54) is 9.69 Å². The minimum atomic E-state index is -3.32. The van der Waals surface area contributed by atoms with E-state index in [0.29, 0.717) is 13.1 Å². The lowest BCUT2D eigenvalue weighted by Gasteiger charge is -2.33. The number of piperidine rings is 1. The van der Waals surface area contributed by atoms with Gasteiger partial charge in [-0.25, -0.2) is 0 Å². The molecule has 1 unspecified atom stereocenters. The Morgan fingerprint density at radius 1 is 1.29 bits per heavy atom. The van der Waals surface area contributed by atoms with Gasteiger partial charge in [-0.3, -0.25) is 0 Å². The fraction of sp³-hybridized carbons (Fsp3) is 0.467. The van der Waals surface area contributed by atoms with Gasteiger partial charge in [-0.05, 0) is 30.4 Å². The molecule has 3 rings (SSSR count). The number of hydrogen-bond donors (Lipinski definition) is 1. The second kappa shape index (κ2) is 5.44. The van der Waals surface area contributed by atoms with Gasteiger partial charge in [0.15, 0.2) is 0 Å². The number of nitrogens with zero attached hydrogens (tertiary/aromatic N) is 2. The maximum absolute atomic E-state index is 12.3. The van der Waals surface area contributed by atoms with Crippen LogP contribution in [0.4, 0.5) is 0 Å². The molecular weight excluding hydrogens is 286 g/mol. The molecule has 1 N–H and O–H groups in total. The molecular formula is C15H21N3O2S. The molecule has 1 aliphatic rings. The average Bonchev–Trinajstić information content (AvgIpc) is 2.91. The third-order valence-electron chi connectivity index (χ3n) is 4.16. The minimum Gasteiger partial charge on any atom is -0.358 e. The van der Waals surface area contributed by atoms with Crippen LogP contribution in [0.2, 0.25) is 0 Å². The SMILES string of the molecule is CN(C)S(=O)(=O)N1CCCC(c2cc3ccccc3[nH]2)C1. The van der Waals surface area contributed by atoms with E-state index in [-0.39, 0.29) is 5.92 Å². The zero-order valence-electron chi connectivity index (χ0n) is 12.4. The summed E-state index contributed by atoms with van der Waals surface area (Å²) < 4.78 is 27.4. The van der Waals surface area contributed by atoms with Crippen LogP contribution in [-0.2, 0) is 10.2 Å². The van der Waals surface area contributed by atoms with Gasteiger partial charge in [-0.15, -0.1) is 0 Å². The van der Waals surface area contributed by atoms with E-state index in [1.807, 2.05) is 12.1 Å². The molecule has 0 radical (unpaired) electrons. The molecule has 6 heteroatoms. The minimum absolute atomic E-state index is 0.237. The van der Waals surface area contributed by atoms with Gasteiger partial charge < -0.3 is 4.98 Å². The van der Waals surface area contributed by atoms with Crippen LogP contribution in [-0.4, -0.2) is 49.2 Å². The Morgan fingerprint density at radius 2 is 2.05 bits per heavy atom. The number of benzene rings is 1. The van der Waals surface area contributed by atoms with Crippen molar-refractivity contribution in [1.29, 1.82) is 0 Å². The molecule has 2 heterocycles. The van der Waals surface area contributed by atoms with E-state index in [2.05, 4.69) is 23.2 Å². The Labute approximate surface area is 125 Å². The van der Waals surface area contributed by atoms with E-state index in [0.717, 1.165) is 24.1 Å². The van der Waals surface area contributed by atoms with Crippen LogP contribution >= 0.6 is 0 Å². The van der Waals surface area contributed by atoms with Crippen LogP contribution in [0.25, 0.3) is 10.9 Å². The predicted octanol–water partition coefficient (Wildman–Crippen LogP) is 2.15. The maximum Gasteiger partial charge on any atom is 0.281 e. The highest BCUT2D eigenvalue weighted by molar-refractivity contribution is 7.86. The summed E-state index contributed by atoms with van der Waals surface area (Å²) in [6.45, 7) is 1.16. The Morgan fingerprint density at radius 3 is 2.76 bits per heavy atom. The number of nitrogens with one attached hydrogen (secondary N) is 1. The molecule has 1 aliphatic heterocycles. The summed E-state index contributed by atoms with van der Waals surface area (Å²) in [7, 11) is -0.148. The molecule has 1 atom stereocenters. The largest absolute Gasteiger partial charge is 0.358 e. The van der Waals surface area contributed by atoms with Gasteiger partial charge in [0.1, 0.15) is 0 Å². The maximum atomic E-state index is 12.3. The highest BCUT2D eigenvalue weighted by Crippen LogP contribution is 2.30. The molecule has 1 fully saturated rings. The summed E-state index contributed by atoms with van der Waals surface area (Å²) in [6, 6.07) is 10.3. The van der Waals surface area contributed by atoms with Crippen molar-refractivity contribution in [3.8, 4) is 0 Å². The summed E-state index contributed by atoms with van der Waals surface area (Å²) in [5.41, 5.74) is 2.25. The van der Waals surface area contributed by atoms with Crippen molar-refractivity contribution in [1.82, 2.24) is 13.6 Å². The van der Waals surface area contributed by atoms with Crippen LogP contribution in [0, 0.1) is 0 Å². The Kier molecular flexibility index (Phi) is 3.77. The van der Waals surface area contributed by atoms with Crippen LogP contribution in [0.15, 0.2) is 30.3 Å². The second-order valence-corrected chi connectivity index (χ2v) is 7.94. The van der Waals surface area contributed by atoms with Crippen molar-refractivity contribution >= 4 is 21.1 Å². The zero-order valence-corrected chi connectivity index (χ0v) is 13.2. The lowest BCUT2D eigenvalue weighted by Crippen LogP contribution is -2.44. The Bertz CT molecular complexity index is 703. The molecule has 1 aromatic heterocycles. The monoisotopic (exact) mass is 307 g/mol. The Balaban J connectivity index is 1.86. The van der Waals surface area contributed by atoms with E-state index in [4.69, 9.17) is 0 Å². The van der Waals surface area contributed by atoms with Gasteiger partial charge in [-0.1, -0.05) is 18.2 Å². The lowest BCUT2D eigenvalue weighted by atomic mass is 9.96. The number of H-pyrrole nitrogens is 1. The van der Waals surface area contributed by atoms with Crippen molar-refractivity contribution in [2.24, 2.45) is 0 Å². The lowest BCUT2D eigenvalue weighted by molar-refractivity contribution is 0.296. The van der Waals surface area contributed by atoms with Crippen molar-refractivity contribution in [3.05, 3.63) is 36.0 Å². The molecule has 0 bridgehead atoms. The van der Waals surface area contributed by atoms with Crippen molar-refractivity contribution < 1.29 is 8.42 Å². The third kappa shape index (κ3) is 2.71. The molecule has 1 aromatic carbocycles. The topological polar surface area (TPSA) is 56.4 Å². The number of para-hydroxylation sites is 1. The molecule has 0 aliphatic carbocycles. The number of hydrogen-bond acceptors (Lipinski definition) is 2. The summed E-state index contributed by atoms with van der Waals surface area (Å²) in [6.07, 6.45) is 1.92. The highest BCUT2D eigenvalue weighted by atomic mass is 32.2. The van der Waals surface area contributed by atoms with Gasteiger partial charge >= 0.3 is 0 Å². The molecule has 0 spiro atoms. The number of aromatic nitrogens is 1. The normalized spacial score (nSPS) is 21.2. The summed E-state index contributed by atoms with van der Waals surface area (Å²) in [4.78, 5) is 3.43. The number of rotatable bonds is 3. The quantitative estimate of drug-likeness (QED) is 0.944. The van der Waals surface area contributed by atoms with Crippen molar-refractivity contribution in [2.45, 2.75) is 18.8 Å². The number of aromatic amines is 1. The first-order valence-electron chi connectivity index (χ1n) is 7.24. The summed E-state index contributed by atoms with van der Waals surface area (Å²) in [5.74, 6) is 0.237. The van der Waals surface area contributed by atoms with Gasteiger partial charge in [0.05, 0.1) is 0 Å². The highest BCUT2D eigenvalue weighted by Gasteiger charge is 2.31. The van der Waals surface area contributed by atoms with Crippen molar-refractivity contribution in [3.63, 3.8) is 0 Å². The molecule has 21 heavy (non-hydrogen) atoms. The van der Waals surface area contributed by atoms with Gasteiger partial charge in [0.25, 0.3) is 10.2 Å². The molecule has 0 amide bonds. The summed E-state index contributed by atoms with van der Waals surface area (Å²) >= 11 is 0. The smallest absolute Gasteiger partial charge is 0.281 e. The van der Waals surface area contributed by atoms with E-state index >= 15 is 0 Å². The van der Waals surface area contributed by atoms with E-state index < -0.39 is 10.2 Å². The van der Waals surface area contributed by atoms with Crippen LogP contribution in [0.1, 0.15) is 24.5 Å². The summed E-state index contributed by atoms with van der Waals surface area (Å²) in [5, 5.41) is 1.18. The van der Waals surface area contributed by atoms with Crippen LogP contribution in [0.5, 0.6) is 0 Å². The van der Waals surface area contributed by atoms with Gasteiger partial charge in [0, 0.05) is 44.3 Å². The second-order valence-electron chi connectivity index (χ2n) is 5.80. The molecule has 114 valence electrons. The molecule has 5 nitrogen and oxygen atoms in total. The Hall–Kier alpha value is -1.37. The first kappa shape index (κ1) is 14.6. The molecule has 2 aromatic rings. The number of fused-ring (bicyclic) bond motifs is 1. The first-order valence-corrected chi connectivity index (χ1v) is 8.63. The first-order chi connectivity index (χ1) is 9.98. The predicted molar refractivity (Wildman–Crippen MR) is 84.5 cm³/mol. The molecule has 1 saturated heterocycles. The third-order valence-corrected chi connectivity index (χ3v) is 6.07. The van der Waals surface area contributed by atoms with Gasteiger partial charge in [-0.2, -0.15) is 17.0 Å². The van der Waals surface area contributed by atoms with E-state index in [1.54, 1.807) is 18.4 Å². The fourth-order valence-corrected chi connectivity index (χ4v) is 4.14. The zero-order chi connectivity index (χ0) is 15.0. The standard InChI is InChI=1S/C15H21N3O2S/c1-17(2)21(19,20)18-9-5-7-13(11-18)15-10-12-6-3-4-8-14(12)16-15/h3-4,6,8,10,13,16H,5,7,9,11H2,1-2H3.